The van der Waals surface area contributed by atoms with Crippen LogP contribution in [0.1, 0.15) is 0 Å². The zero-order valence-electron chi connectivity index (χ0n) is 11.0. The third kappa shape index (κ3) is 2.60. The number of nitrogens with zero attached hydrogens (tertiary/aromatic N) is 1. The van der Waals surface area contributed by atoms with Gasteiger partial charge in [0.05, 0.1) is 11.4 Å². The normalized spacial score (nSPS) is 11.4. The average molecular weight is 285 g/mol. The van der Waals surface area contributed by atoms with Gasteiger partial charge in [0.15, 0.2) is 0 Å². The monoisotopic (exact) mass is 285 g/mol. The van der Waals surface area contributed by atoms with E-state index >= 15 is 0 Å². The van der Waals surface area contributed by atoms with Gasteiger partial charge in [0, 0.05) is 11.9 Å². The molecule has 0 radical (unpaired) electrons. The zero-order valence-corrected chi connectivity index (χ0v) is 11.8. The molecular weight excluding hydrogens is 270 g/mol. The van der Waals surface area contributed by atoms with Crippen LogP contribution in [0.4, 0.5) is 0 Å². The van der Waals surface area contributed by atoms with Crippen LogP contribution >= 0.6 is 0 Å². The maximum absolute atomic E-state index is 12.7. The molecule has 3 nitrogen and oxygen atoms in total. The van der Waals surface area contributed by atoms with Gasteiger partial charge in [-0.25, -0.2) is 8.42 Å². The quantitative estimate of drug-likeness (QED) is 0.625. The van der Waals surface area contributed by atoms with Crippen LogP contribution in [0.3, 0.4) is 0 Å². The van der Waals surface area contributed by atoms with E-state index in [9.17, 15) is 8.42 Å². The first-order valence-corrected chi connectivity index (χ1v) is 7.57. The molecule has 0 heterocycles. The molecule has 2 aromatic rings. The lowest BCUT2D eigenvalue weighted by atomic mass is 10.1. The van der Waals surface area contributed by atoms with Crippen molar-refractivity contribution in [3.05, 3.63) is 55.1 Å². The molecule has 0 spiro atoms. The summed E-state index contributed by atoms with van der Waals surface area (Å²) in [7, 11) is -3.63. The summed E-state index contributed by atoms with van der Waals surface area (Å²) in [6, 6.07) is 12.6. The van der Waals surface area contributed by atoms with Crippen LogP contribution in [0, 0.1) is 12.3 Å². The molecule has 0 amide bonds. The molecule has 0 aromatic heterocycles. The second-order valence-electron chi connectivity index (χ2n) is 4.27. The van der Waals surface area contributed by atoms with Crippen molar-refractivity contribution in [3.63, 3.8) is 0 Å². The number of fused-ring (bicyclic) bond motifs is 1. The Morgan fingerprint density at radius 2 is 1.90 bits per heavy atom. The molecule has 0 atom stereocenters. The molecule has 0 aliphatic rings. The molecule has 0 aliphatic carbocycles. The summed E-state index contributed by atoms with van der Waals surface area (Å²) in [4.78, 5) is 0.271. The molecule has 0 N–H and O–H groups in total. The van der Waals surface area contributed by atoms with E-state index in [1.165, 1.54) is 10.4 Å². The Morgan fingerprint density at radius 3 is 2.60 bits per heavy atom. The van der Waals surface area contributed by atoms with Crippen molar-refractivity contribution >= 4 is 20.8 Å². The first kappa shape index (κ1) is 14.3. The van der Waals surface area contributed by atoms with E-state index in [-0.39, 0.29) is 18.0 Å². The Hall–Kier alpha value is -2.09. The summed E-state index contributed by atoms with van der Waals surface area (Å²) < 4.78 is 26.7. The SMILES string of the molecule is C#CCN(CC=C)S(=O)(=O)c1cccc2ccccc12. The van der Waals surface area contributed by atoms with Gasteiger partial charge >= 0.3 is 0 Å². The van der Waals surface area contributed by atoms with Gasteiger partial charge in [-0.15, -0.1) is 13.0 Å². The third-order valence-electron chi connectivity index (χ3n) is 2.97. The van der Waals surface area contributed by atoms with Crippen molar-refractivity contribution in [1.82, 2.24) is 4.31 Å². The average Bonchev–Trinajstić information content (AvgIpc) is 2.46. The van der Waals surface area contributed by atoms with Gasteiger partial charge in [0.25, 0.3) is 0 Å². The van der Waals surface area contributed by atoms with Crippen LogP contribution in [0.2, 0.25) is 0 Å². The predicted octanol–water partition coefficient (Wildman–Crippen LogP) is 2.65. The highest BCUT2D eigenvalue weighted by Gasteiger charge is 2.24. The molecule has 2 aromatic carbocycles. The van der Waals surface area contributed by atoms with Crippen LogP contribution < -0.4 is 0 Å². The summed E-state index contributed by atoms with van der Waals surface area (Å²) >= 11 is 0. The van der Waals surface area contributed by atoms with Crippen molar-refractivity contribution in [1.29, 1.82) is 0 Å². The maximum atomic E-state index is 12.7. The number of benzene rings is 2. The Balaban J connectivity index is 2.62. The fraction of sp³-hybridized carbons (Fsp3) is 0.125. The highest BCUT2D eigenvalue weighted by molar-refractivity contribution is 7.89. The summed E-state index contributed by atoms with van der Waals surface area (Å²) in [6.07, 6.45) is 6.78. The van der Waals surface area contributed by atoms with Crippen molar-refractivity contribution in [2.75, 3.05) is 13.1 Å². The summed E-state index contributed by atoms with van der Waals surface area (Å²) in [5.74, 6) is 2.38. The van der Waals surface area contributed by atoms with Crippen molar-refractivity contribution in [3.8, 4) is 12.3 Å². The number of sulfonamides is 1. The van der Waals surface area contributed by atoms with Gasteiger partial charge in [0.2, 0.25) is 10.0 Å². The number of hydrogen-bond acceptors (Lipinski definition) is 2. The number of hydrogen-bond donors (Lipinski definition) is 0. The van der Waals surface area contributed by atoms with E-state index in [0.717, 1.165) is 5.39 Å². The van der Waals surface area contributed by atoms with E-state index in [1.54, 1.807) is 18.2 Å². The summed E-state index contributed by atoms with van der Waals surface area (Å²) in [5, 5.41) is 1.58. The van der Waals surface area contributed by atoms with Crippen LogP contribution in [-0.2, 0) is 10.0 Å². The highest BCUT2D eigenvalue weighted by Crippen LogP contribution is 2.25. The Labute approximate surface area is 119 Å². The molecule has 0 saturated carbocycles. The van der Waals surface area contributed by atoms with E-state index in [1.807, 2.05) is 24.3 Å². The van der Waals surface area contributed by atoms with E-state index in [0.29, 0.717) is 5.39 Å². The molecule has 0 aliphatic heterocycles. The lowest BCUT2D eigenvalue weighted by Crippen LogP contribution is -2.31. The second kappa shape index (κ2) is 5.91. The molecule has 0 fully saturated rings. The number of terminal acetylenes is 1. The van der Waals surface area contributed by atoms with Crippen LogP contribution in [0.5, 0.6) is 0 Å². The van der Waals surface area contributed by atoms with E-state index < -0.39 is 10.0 Å². The summed E-state index contributed by atoms with van der Waals surface area (Å²) in [5.41, 5.74) is 0. The van der Waals surface area contributed by atoms with Gasteiger partial charge in [-0.3, -0.25) is 0 Å². The van der Waals surface area contributed by atoms with E-state index in [2.05, 4.69) is 12.5 Å². The molecule has 102 valence electrons. The Kier molecular flexibility index (Phi) is 4.23. The first-order valence-electron chi connectivity index (χ1n) is 6.13. The van der Waals surface area contributed by atoms with Gasteiger partial charge < -0.3 is 0 Å². The molecule has 2 rings (SSSR count). The molecular formula is C16H15NO2S. The predicted molar refractivity (Wildman–Crippen MR) is 81.7 cm³/mol. The lowest BCUT2D eigenvalue weighted by molar-refractivity contribution is 0.479. The van der Waals surface area contributed by atoms with Crippen molar-refractivity contribution < 1.29 is 8.42 Å². The molecule has 0 unspecified atom stereocenters. The van der Waals surface area contributed by atoms with E-state index in [4.69, 9.17) is 6.42 Å². The Bertz CT molecular complexity index is 767. The zero-order chi connectivity index (χ0) is 14.6. The van der Waals surface area contributed by atoms with Gasteiger partial charge in [-0.1, -0.05) is 48.4 Å². The molecule has 20 heavy (non-hydrogen) atoms. The minimum absolute atomic E-state index is 0.0254. The maximum Gasteiger partial charge on any atom is 0.244 e. The minimum atomic E-state index is -3.63. The fourth-order valence-corrected chi connectivity index (χ4v) is 3.59. The highest BCUT2D eigenvalue weighted by atomic mass is 32.2. The van der Waals surface area contributed by atoms with Crippen molar-refractivity contribution in [2.45, 2.75) is 4.90 Å². The molecule has 0 bridgehead atoms. The Morgan fingerprint density at radius 1 is 1.20 bits per heavy atom. The van der Waals surface area contributed by atoms with Crippen LogP contribution in [0.25, 0.3) is 10.8 Å². The fourth-order valence-electron chi connectivity index (χ4n) is 2.05. The van der Waals surface area contributed by atoms with Crippen LogP contribution in [-0.4, -0.2) is 25.8 Å². The van der Waals surface area contributed by atoms with Gasteiger partial charge in [0.1, 0.15) is 0 Å². The smallest absolute Gasteiger partial charge is 0.207 e. The standard InChI is InChI=1S/C16H15NO2S/c1-3-12-17(13-4-2)20(18,19)16-11-7-9-14-8-5-6-10-15(14)16/h1,4-11H,2,12-13H2. The summed E-state index contributed by atoms with van der Waals surface area (Å²) in [6.45, 7) is 3.79. The number of rotatable bonds is 5. The lowest BCUT2D eigenvalue weighted by Gasteiger charge is -2.19. The third-order valence-corrected chi connectivity index (χ3v) is 4.84. The molecule has 4 heteroatoms. The van der Waals surface area contributed by atoms with Gasteiger partial charge in [-0.05, 0) is 11.5 Å². The largest absolute Gasteiger partial charge is 0.244 e. The molecule has 0 saturated heterocycles. The topological polar surface area (TPSA) is 37.4 Å². The first-order chi connectivity index (χ1) is 9.61. The van der Waals surface area contributed by atoms with Crippen LogP contribution in [0.15, 0.2) is 60.0 Å². The van der Waals surface area contributed by atoms with Crippen molar-refractivity contribution in [2.24, 2.45) is 0 Å². The minimum Gasteiger partial charge on any atom is -0.207 e. The van der Waals surface area contributed by atoms with Gasteiger partial charge in [-0.2, -0.15) is 4.31 Å². The second-order valence-corrected chi connectivity index (χ2v) is 6.17.